The van der Waals surface area contributed by atoms with Crippen molar-refractivity contribution < 1.29 is 4.74 Å². The van der Waals surface area contributed by atoms with Gasteiger partial charge in [-0.2, -0.15) is 0 Å². The normalized spacial score (nSPS) is 10.5. The molecule has 0 aliphatic heterocycles. The lowest BCUT2D eigenvalue weighted by molar-refractivity contribution is 0.340. The summed E-state index contributed by atoms with van der Waals surface area (Å²) in [5.41, 5.74) is 3.37. The van der Waals surface area contributed by atoms with Crippen LogP contribution in [0.3, 0.4) is 0 Å². The van der Waals surface area contributed by atoms with Crippen LogP contribution in [0.25, 0.3) is 11.1 Å². The molecule has 2 aromatic carbocycles. The molecule has 2 rings (SSSR count). The number of ether oxygens (including phenoxy) is 1. The third kappa shape index (κ3) is 3.49. The van der Waals surface area contributed by atoms with E-state index in [-0.39, 0.29) is 0 Å². The molecule has 0 aliphatic rings. The fraction of sp³-hybridized carbons (Fsp3) is 0.250. The molecule has 2 nitrogen and oxygen atoms in total. The zero-order valence-corrected chi connectivity index (χ0v) is 12.0. The summed E-state index contributed by atoms with van der Waals surface area (Å²) in [4.78, 5) is 0. The van der Waals surface area contributed by atoms with Crippen molar-refractivity contribution in [1.82, 2.24) is 5.32 Å². The van der Waals surface area contributed by atoms with Gasteiger partial charge in [0.05, 0.1) is 6.61 Å². The van der Waals surface area contributed by atoms with Crippen molar-refractivity contribution in [2.45, 2.75) is 13.5 Å². The second-order valence-electron chi connectivity index (χ2n) is 4.29. The maximum Gasteiger partial charge on any atom is 0.119 e. The topological polar surface area (TPSA) is 21.3 Å². The van der Waals surface area contributed by atoms with E-state index >= 15 is 0 Å². The molecule has 0 aromatic heterocycles. The van der Waals surface area contributed by atoms with Crippen molar-refractivity contribution in [3.05, 3.63) is 53.1 Å². The first kappa shape index (κ1) is 13.9. The highest BCUT2D eigenvalue weighted by atomic mass is 35.5. The number of rotatable bonds is 5. The van der Waals surface area contributed by atoms with Gasteiger partial charge in [-0.15, -0.1) is 0 Å². The summed E-state index contributed by atoms with van der Waals surface area (Å²) in [5.74, 6) is 0.893. The molecule has 19 heavy (non-hydrogen) atoms. The molecule has 0 saturated carbocycles. The first-order valence-corrected chi connectivity index (χ1v) is 6.78. The summed E-state index contributed by atoms with van der Waals surface area (Å²) < 4.78 is 5.44. The summed E-state index contributed by atoms with van der Waals surface area (Å²) in [6, 6.07) is 14.2. The largest absolute Gasteiger partial charge is 0.494 e. The van der Waals surface area contributed by atoms with E-state index in [2.05, 4.69) is 17.4 Å². The van der Waals surface area contributed by atoms with Crippen molar-refractivity contribution in [1.29, 1.82) is 0 Å². The zero-order chi connectivity index (χ0) is 13.7. The number of nitrogens with one attached hydrogen (secondary N) is 1. The Morgan fingerprint density at radius 1 is 1.05 bits per heavy atom. The Morgan fingerprint density at radius 2 is 1.74 bits per heavy atom. The van der Waals surface area contributed by atoms with Gasteiger partial charge < -0.3 is 10.1 Å². The Bertz CT molecular complexity index is 537. The minimum Gasteiger partial charge on any atom is -0.494 e. The van der Waals surface area contributed by atoms with Gasteiger partial charge in [-0.05, 0) is 48.9 Å². The monoisotopic (exact) mass is 275 g/mol. The molecule has 0 saturated heterocycles. The molecular formula is C16H18ClNO. The van der Waals surface area contributed by atoms with Gasteiger partial charge in [0.1, 0.15) is 5.75 Å². The smallest absolute Gasteiger partial charge is 0.119 e. The Balaban J connectivity index is 2.24. The van der Waals surface area contributed by atoms with Gasteiger partial charge in [-0.25, -0.2) is 0 Å². The van der Waals surface area contributed by atoms with Crippen LogP contribution in [0.2, 0.25) is 5.02 Å². The molecule has 1 N–H and O–H groups in total. The van der Waals surface area contributed by atoms with Gasteiger partial charge >= 0.3 is 0 Å². The molecule has 0 spiro atoms. The number of halogens is 1. The SMILES string of the molecule is CCOc1ccc(-c2ccc(CNC)c(Cl)c2)cc1. The molecule has 0 fully saturated rings. The number of hydrogen-bond acceptors (Lipinski definition) is 2. The second-order valence-corrected chi connectivity index (χ2v) is 4.70. The zero-order valence-electron chi connectivity index (χ0n) is 11.2. The summed E-state index contributed by atoms with van der Waals surface area (Å²) >= 11 is 6.27. The van der Waals surface area contributed by atoms with E-state index in [0.717, 1.165) is 34.0 Å². The van der Waals surface area contributed by atoms with Crippen LogP contribution in [0.15, 0.2) is 42.5 Å². The average molecular weight is 276 g/mol. The van der Waals surface area contributed by atoms with E-state index in [4.69, 9.17) is 16.3 Å². The van der Waals surface area contributed by atoms with E-state index in [1.165, 1.54) is 0 Å². The summed E-state index contributed by atoms with van der Waals surface area (Å²) in [7, 11) is 1.91. The molecular weight excluding hydrogens is 258 g/mol. The highest BCUT2D eigenvalue weighted by molar-refractivity contribution is 6.31. The van der Waals surface area contributed by atoms with Crippen molar-refractivity contribution in [2.75, 3.05) is 13.7 Å². The van der Waals surface area contributed by atoms with Crippen molar-refractivity contribution in [2.24, 2.45) is 0 Å². The minimum absolute atomic E-state index is 0.684. The molecule has 0 atom stereocenters. The van der Waals surface area contributed by atoms with Gasteiger partial charge in [0.25, 0.3) is 0 Å². The van der Waals surface area contributed by atoms with E-state index in [9.17, 15) is 0 Å². The quantitative estimate of drug-likeness (QED) is 0.886. The van der Waals surface area contributed by atoms with Crippen LogP contribution < -0.4 is 10.1 Å². The van der Waals surface area contributed by atoms with Gasteiger partial charge in [0, 0.05) is 11.6 Å². The fourth-order valence-electron chi connectivity index (χ4n) is 1.97. The maximum atomic E-state index is 6.27. The lowest BCUT2D eigenvalue weighted by Gasteiger charge is -2.08. The van der Waals surface area contributed by atoms with Gasteiger partial charge in [-0.1, -0.05) is 35.9 Å². The summed E-state index contributed by atoms with van der Waals surface area (Å²) in [5, 5.41) is 3.90. The lowest BCUT2D eigenvalue weighted by atomic mass is 10.0. The van der Waals surface area contributed by atoms with Crippen LogP contribution in [-0.2, 0) is 6.54 Å². The molecule has 3 heteroatoms. The predicted molar refractivity (Wildman–Crippen MR) is 80.8 cm³/mol. The number of hydrogen-bond donors (Lipinski definition) is 1. The van der Waals surface area contributed by atoms with E-state index in [1.54, 1.807) is 0 Å². The molecule has 100 valence electrons. The minimum atomic E-state index is 0.684. The van der Waals surface area contributed by atoms with E-state index in [0.29, 0.717) is 6.61 Å². The molecule has 0 unspecified atom stereocenters. The van der Waals surface area contributed by atoms with Crippen LogP contribution >= 0.6 is 11.6 Å². The Morgan fingerprint density at radius 3 is 2.32 bits per heavy atom. The fourth-order valence-corrected chi connectivity index (χ4v) is 2.22. The Hall–Kier alpha value is -1.51. The van der Waals surface area contributed by atoms with Crippen molar-refractivity contribution in [3.8, 4) is 16.9 Å². The van der Waals surface area contributed by atoms with Crippen molar-refractivity contribution in [3.63, 3.8) is 0 Å². The standard InChI is InChI=1S/C16H18ClNO/c1-3-19-15-8-6-12(7-9-15)13-4-5-14(11-18-2)16(17)10-13/h4-10,18H,3,11H2,1-2H3. The van der Waals surface area contributed by atoms with Crippen molar-refractivity contribution >= 4 is 11.6 Å². The lowest BCUT2D eigenvalue weighted by Crippen LogP contribution is -2.05. The van der Waals surface area contributed by atoms with Crippen LogP contribution in [-0.4, -0.2) is 13.7 Å². The Kier molecular flexibility index (Phi) is 4.83. The molecule has 0 amide bonds. The molecule has 2 aromatic rings. The van der Waals surface area contributed by atoms with E-state index < -0.39 is 0 Å². The van der Waals surface area contributed by atoms with Crippen LogP contribution in [0.1, 0.15) is 12.5 Å². The van der Waals surface area contributed by atoms with Crippen LogP contribution in [0.4, 0.5) is 0 Å². The third-order valence-corrected chi connectivity index (χ3v) is 3.27. The van der Waals surface area contributed by atoms with Gasteiger partial charge in [0.15, 0.2) is 0 Å². The first-order chi connectivity index (χ1) is 9.24. The molecule has 0 bridgehead atoms. The number of benzene rings is 2. The molecule has 0 heterocycles. The molecule has 0 radical (unpaired) electrons. The summed E-state index contributed by atoms with van der Waals surface area (Å²) in [6.07, 6.45) is 0. The molecule has 0 aliphatic carbocycles. The highest BCUT2D eigenvalue weighted by Crippen LogP contribution is 2.27. The Labute approximate surface area is 119 Å². The van der Waals surface area contributed by atoms with Crippen LogP contribution in [0.5, 0.6) is 5.75 Å². The predicted octanol–water partition coefficient (Wildman–Crippen LogP) is 4.13. The highest BCUT2D eigenvalue weighted by Gasteiger charge is 2.03. The van der Waals surface area contributed by atoms with Crippen LogP contribution in [0, 0.1) is 0 Å². The van der Waals surface area contributed by atoms with Gasteiger partial charge in [-0.3, -0.25) is 0 Å². The van der Waals surface area contributed by atoms with Gasteiger partial charge in [0.2, 0.25) is 0 Å². The average Bonchev–Trinajstić information content (AvgIpc) is 2.43. The third-order valence-electron chi connectivity index (χ3n) is 2.92. The second kappa shape index (κ2) is 6.60. The maximum absolute atomic E-state index is 6.27. The van der Waals surface area contributed by atoms with E-state index in [1.807, 2.05) is 44.3 Å². The summed E-state index contributed by atoms with van der Waals surface area (Å²) in [6.45, 7) is 3.44. The first-order valence-electron chi connectivity index (χ1n) is 6.41.